The van der Waals surface area contributed by atoms with Crippen LogP contribution in [-0.2, 0) is 4.74 Å². The molecule has 0 aromatic heterocycles. The first-order valence-electron chi connectivity index (χ1n) is 4.75. The van der Waals surface area contributed by atoms with E-state index in [-0.39, 0.29) is 5.60 Å². The second-order valence-electron chi connectivity index (χ2n) is 4.70. The number of rotatable bonds is 6. The highest BCUT2D eigenvalue weighted by Gasteiger charge is 2.16. The molecule has 0 heterocycles. The summed E-state index contributed by atoms with van der Waals surface area (Å²) in [7, 11) is 1.72. The van der Waals surface area contributed by atoms with Crippen molar-refractivity contribution < 1.29 is 9.84 Å². The Morgan fingerprint density at radius 1 is 1.23 bits per heavy atom. The van der Waals surface area contributed by atoms with E-state index in [0.717, 1.165) is 13.0 Å². The van der Waals surface area contributed by atoms with Gasteiger partial charge < -0.3 is 15.2 Å². The maximum atomic E-state index is 9.41. The van der Waals surface area contributed by atoms with Crippen molar-refractivity contribution in [2.75, 3.05) is 20.2 Å². The molecule has 13 heavy (non-hydrogen) atoms. The quantitative estimate of drug-likeness (QED) is 0.616. The largest absolute Gasteiger partial charge is 0.389 e. The average molecular weight is 189 g/mol. The van der Waals surface area contributed by atoms with Crippen molar-refractivity contribution >= 4 is 0 Å². The highest BCUT2D eigenvalue weighted by Crippen LogP contribution is 2.11. The Morgan fingerprint density at radius 3 is 2.15 bits per heavy atom. The van der Waals surface area contributed by atoms with Crippen LogP contribution in [0.2, 0.25) is 0 Å². The van der Waals surface area contributed by atoms with Crippen LogP contribution < -0.4 is 5.32 Å². The van der Waals surface area contributed by atoms with Crippen LogP contribution in [0.15, 0.2) is 0 Å². The van der Waals surface area contributed by atoms with Crippen LogP contribution in [0.5, 0.6) is 0 Å². The Labute approximate surface area is 81.5 Å². The molecule has 0 saturated carbocycles. The summed E-state index contributed by atoms with van der Waals surface area (Å²) >= 11 is 0. The molecule has 0 fully saturated rings. The number of ether oxygens (including phenoxy) is 1. The third-order valence-corrected chi connectivity index (χ3v) is 2.01. The Hall–Kier alpha value is -0.120. The van der Waals surface area contributed by atoms with E-state index < -0.39 is 5.60 Å². The molecule has 0 aliphatic heterocycles. The smallest absolute Gasteiger partial charge is 0.0715 e. The molecule has 80 valence electrons. The molecule has 0 aliphatic carbocycles. The summed E-state index contributed by atoms with van der Waals surface area (Å²) in [5.74, 6) is 0. The Bertz CT molecular complexity index is 138. The van der Waals surface area contributed by atoms with Crippen LogP contribution in [0.4, 0.5) is 0 Å². The van der Waals surface area contributed by atoms with Gasteiger partial charge in [0.1, 0.15) is 0 Å². The van der Waals surface area contributed by atoms with Gasteiger partial charge in [0.25, 0.3) is 0 Å². The average Bonchev–Trinajstić information content (AvgIpc) is 1.97. The summed E-state index contributed by atoms with van der Waals surface area (Å²) < 4.78 is 5.27. The van der Waals surface area contributed by atoms with Gasteiger partial charge in [-0.05, 0) is 40.7 Å². The molecule has 0 bridgehead atoms. The first-order valence-corrected chi connectivity index (χ1v) is 4.75. The molecule has 0 aromatic carbocycles. The second kappa shape index (κ2) is 4.94. The fraction of sp³-hybridized carbons (Fsp3) is 1.00. The Morgan fingerprint density at radius 2 is 1.77 bits per heavy atom. The van der Waals surface area contributed by atoms with Crippen molar-refractivity contribution in [1.82, 2.24) is 5.32 Å². The molecule has 0 radical (unpaired) electrons. The van der Waals surface area contributed by atoms with Gasteiger partial charge in [-0.1, -0.05) is 0 Å². The predicted octanol–water partition coefficient (Wildman–Crippen LogP) is 1.16. The summed E-state index contributed by atoms with van der Waals surface area (Å²) in [5.41, 5.74) is -0.705. The van der Waals surface area contributed by atoms with Crippen LogP contribution in [0.3, 0.4) is 0 Å². The van der Waals surface area contributed by atoms with E-state index in [1.165, 1.54) is 0 Å². The normalized spacial score (nSPS) is 13.4. The van der Waals surface area contributed by atoms with Crippen LogP contribution >= 0.6 is 0 Å². The summed E-state index contributed by atoms with van der Waals surface area (Å²) in [4.78, 5) is 0. The molecular weight excluding hydrogens is 166 g/mol. The molecule has 0 amide bonds. The zero-order chi connectivity index (χ0) is 10.5. The lowest BCUT2D eigenvalue weighted by atomic mass is 10.1. The maximum Gasteiger partial charge on any atom is 0.0715 e. The molecule has 2 N–H and O–H groups in total. The maximum absolute atomic E-state index is 9.41. The van der Waals surface area contributed by atoms with Crippen LogP contribution in [0.25, 0.3) is 0 Å². The van der Waals surface area contributed by atoms with Crippen molar-refractivity contribution in [2.24, 2.45) is 0 Å². The van der Waals surface area contributed by atoms with Crippen molar-refractivity contribution in [3.8, 4) is 0 Å². The van der Waals surface area contributed by atoms with Gasteiger partial charge in [-0.2, -0.15) is 0 Å². The van der Waals surface area contributed by atoms with Gasteiger partial charge in [0.2, 0.25) is 0 Å². The molecular formula is C10H23NO2. The molecule has 0 saturated heterocycles. The summed E-state index contributed by atoms with van der Waals surface area (Å²) in [6.45, 7) is 9.18. The van der Waals surface area contributed by atoms with E-state index >= 15 is 0 Å². The summed E-state index contributed by atoms with van der Waals surface area (Å²) in [6.07, 6.45) is 0.944. The fourth-order valence-corrected chi connectivity index (χ4v) is 0.886. The number of aliphatic hydroxyl groups is 1. The first-order chi connectivity index (χ1) is 5.77. The predicted molar refractivity (Wildman–Crippen MR) is 54.9 cm³/mol. The van der Waals surface area contributed by atoms with Crippen LogP contribution in [0, 0.1) is 0 Å². The van der Waals surface area contributed by atoms with Gasteiger partial charge in [0.05, 0.1) is 11.2 Å². The molecule has 0 spiro atoms. The monoisotopic (exact) mass is 189 g/mol. The van der Waals surface area contributed by atoms with E-state index in [4.69, 9.17) is 4.74 Å². The minimum absolute atomic E-state index is 0.0768. The zero-order valence-corrected chi connectivity index (χ0v) is 9.48. The zero-order valence-electron chi connectivity index (χ0n) is 9.48. The molecule has 3 nitrogen and oxygen atoms in total. The third-order valence-electron chi connectivity index (χ3n) is 2.01. The van der Waals surface area contributed by atoms with Gasteiger partial charge >= 0.3 is 0 Å². The summed E-state index contributed by atoms with van der Waals surface area (Å²) in [6, 6.07) is 0. The van der Waals surface area contributed by atoms with Gasteiger partial charge in [-0.15, -0.1) is 0 Å². The van der Waals surface area contributed by atoms with Gasteiger partial charge in [0, 0.05) is 13.7 Å². The lowest BCUT2D eigenvalue weighted by Gasteiger charge is -2.24. The van der Waals surface area contributed by atoms with Crippen molar-refractivity contribution in [2.45, 2.75) is 45.3 Å². The van der Waals surface area contributed by atoms with E-state index in [1.54, 1.807) is 21.0 Å². The number of hydrogen-bond acceptors (Lipinski definition) is 3. The molecule has 0 aliphatic rings. The van der Waals surface area contributed by atoms with Crippen LogP contribution in [0.1, 0.15) is 34.1 Å². The van der Waals surface area contributed by atoms with E-state index in [9.17, 15) is 5.11 Å². The highest BCUT2D eigenvalue weighted by molar-refractivity contribution is 4.72. The highest BCUT2D eigenvalue weighted by atomic mass is 16.5. The molecule has 0 aromatic rings. The Balaban J connectivity index is 3.47. The first kappa shape index (κ1) is 12.9. The summed E-state index contributed by atoms with van der Waals surface area (Å²) in [5, 5.41) is 12.6. The van der Waals surface area contributed by atoms with Gasteiger partial charge in [0.15, 0.2) is 0 Å². The van der Waals surface area contributed by atoms with Crippen LogP contribution in [-0.4, -0.2) is 36.5 Å². The topological polar surface area (TPSA) is 41.5 Å². The van der Waals surface area contributed by atoms with E-state index in [2.05, 4.69) is 19.2 Å². The van der Waals surface area contributed by atoms with Crippen molar-refractivity contribution in [3.05, 3.63) is 0 Å². The van der Waals surface area contributed by atoms with Gasteiger partial charge in [-0.3, -0.25) is 0 Å². The molecule has 0 atom stereocenters. The lowest BCUT2D eigenvalue weighted by Crippen LogP contribution is -2.37. The Kier molecular flexibility index (Phi) is 4.89. The number of methoxy groups -OCH3 is 1. The molecule has 0 unspecified atom stereocenters. The minimum atomic E-state index is -0.628. The van der Waals surface area contributed by atoms with Gasteiger partial charge in [-0.25, -0.2) is 0 Å². The van der Waals surface area contributed by atoms with Crippen molar-refractivity contribution in [3.63, 3.8) is 0 Å². The lowest BCUT2D eigenvalue weighted by molar-refractivity contribution is 0.0137. The van der Waals surface area contributed by atoms with E-state index in [0.29, 0.717) is 6.54 Å². The molecule has 3 heteroatoms. The standard InChI is InChI=1S/C10H23NO2/c1-9(2,12)8-11-7-6-10(3,4)13-5/h11-12H,6-8H2,1-5H3. The van der Waals surface area contributed by atoms with E-state index in [1.807, 2.05) is 0 Å². The van der Waals surface area contributed by atoms with Crippen molar-refractivity contribution in [1.29, 1.82) is 0 Å². The number of hydrogen-bond donors (Lipinski definition) is 2. The minimum Gasteiger partial charge on any atom is -0.389 e. The second-order valence-corrected chi connectivity index (χ2v) is 4.70. The SMILES string of the molecule is COC(C)(C)CCNCC(C)(C)O. The third kappa shape index (κ3) is 8.22. The molecule has 0 rings (SSSR count). The number of nitrogens with one attached hydrogen (secondary N) is 1. The fourth-order valence-electron chi connectivity index (χ4n) is 0.886.